The predicted molar refractivity (Wildman–Crippen MR) is 119 cm³/mol. The lowest BCUT2D eigenvalue weighted by Crippen LogP contribution is -2.47. The SMILES string of the molecule is Cc1ccccc1OCCN(C)C(=O)C1CCCN1S(=O)(=O)c1ccc2c(c1)OCCO2. The van der Waals surface area contributed by atoms with Gasteiger partial charge < -0.3 is 19.1 Å². The normalized spacial score (nSPS) is 18.4. The van der Waals surface area contributed by atoms with Crippen LogP contribution in [0.1, 0.15) is 18.4 Å². The van der Waals surface area contributed by atoms with Crippen LogP contribution in [-0.2, 0) is 14.8 Å². The number of fused-ring (bicyclic) bond motifs is 1. The van der Waals surface area contributed by atoms with Crippen LogP contribution < -0.4 is 14.2 Å². The molecule has 0 aliphatic carbocycles. The van der Waals surface area contributed by atoms with E-state index in [0.29, 0.717) is 57.3 Å². The number of amides is 1. The molecular formula is C23H28N2O6S. The summed E-state index contributed by atoms with van der Waals surface area (Å²) in [5.74, 6) is 1.48. The van der Waals surface area contributed by atoms with Crippen LogP contribution >= 0.6 is 0 Å². The van der Waals surface area contributed by atoms with Gasteiger partial charge in [-0.05, 0) is 43.5 Å². The van der Waals surface area contributed by atoms with E-state index in [4.69, 9.17) is 14.2 Å². The number of hydrogen-bond donors (Lipinski definition) is 0. The zero-order valence-corrected chi connectivity index (χ0v) is 19.1. The highest BCUT2D eigenvalue weighted by molar-refractivity contribution is 7.89. The third-order valence-corrected chi connectivity index (χ3v) is 7.67. The Morgan fingerprint density at radius 1 is 1.16 bits per heavy atom. The van der Waals surface area contributed by atoms with Crippen molar-refractivity contribution in [2.75, 3.05) is 40.0 Å². The van der Waals surface area contributed by atoms with Crippen LogP contribution in [0, 0.1) is 6.92 Å². The first kappa shape index (κ1) is 22.4. The Hall–Kier alpha value is -2.78. The van der Waals surface area contributed by atoms with Crippen molar-refractivity contribution in [3.63, 3.8) is 0 Å². The van der Waals surface area contributed by atoms with Crippen molar-refractivity contribution < 1.29 is 27.4 Å². The molecule has 1 fully saturated rings. The van der Waals surface area contributed by atoms with Crippen molar-refractivity contribution in [1.29, 1.82) is 0 Å². The maximum absolute atomic E-state index is 13.3. The second kappa shape index (κ2) is 9.38. The molecule has 2 aliphatic rings. The van der Waals surface area contributed by atoms with E-state index in [1.54, 1.807) is 18.0 Å². The highest BCUT2D eigenvalue weighted by Crippen LogP contribution is 2.35. The fraction of sp³-hybridized carbons (Fsp3) is 0.435. The van der Waals surface area contributed by atoms with Crippen molar-refractivity contribution in [3.8, 4) is 17.2 Å². The van der Waals surface area contributed by atoms with Gasteiger partial charge in [-0.15, -0.1) is 0 Å². The Labute approximate surface area is 188 Å². The zero-order valence-electron chi connectivity index (χ0n) is 18.3. The average molecular weight is 461 g/mol. The number of benzene rings is 2. The van der Waals surface area contributed by atoms with Crippen LogP contribution in [0.5, 0.6) is 17.2 Å². The minimum Gasteiger partial charge on any atom is -0.491 e. The van der Waals surface area contributed by atoms with Gasteiger partial charge in [-0.1, -0.05) is 18.2 Å². The molecule has 0 bridgehead atoms. The predicted octanol–water partition coefficient (Wildman–Crippen LogP) is 2.46. The monoisotopic (exact) mass is 460 g/mol. The van der Waals surface area contributed by atoms with Crippen LogP contribution in [-0.4, -0.2) is 69.5 Å². The molecule has 2 aromatic carbocycles. The summed E-state index contributed by atoms with van der Waals surface area (Å²) in [4.78, 5) is 14.7. The van der Waals surface area contributed by atoms with Crippen LogP contribution in [0.4, 0.5) is 0 Å². The van der Waals surface area contributed by atoms with E-state index in [1.165, 1.54) is 16.4 Å². The standard InChI is InChI=1S/C23H28N2O6S/c1-17-6-3-4-8-20(17)29-13-12-24(2)23(26)19-7-5-11-25(19)32(27,28)18-9-10-21-22(16-18)31-15-14-30-21/h3-4,6,8-10,16,19H,5,7,11-15H2,1-2H3. The zero-order chi connectivity index (χ0) is 22.7. The molecule has 8 nitrogen and oxygen atoms in total. The molecule has 2 aromatic rings. The van der Waals surface area contributed by atoms with Crippen molar-refractivity contribution in [2.45, 2.75) is 30.7 Å². The molecule has 172 valence electrons. The number of para-hydroxylation sites is 1. The lowest BCUT2D eigenvalue weighted by atomic mass is 10.2. The molecule has 1 amide bonds. The topological polar surface area (TPSA) is 85.4 Å². The quantitative estimate of drug-likeness (QED) is 0.631. The molecule has 0 saturated carbocycles. The number of sulfonamides is 1. The summed E-state index contributed by atoms with van der Waals surface area (Å²) in [7, 11) is -2.17. The van der Waals surface area contributed by atoms with Gasteiger partial charge in [0.25, 0.3) is 0 Å². The number of hydrogen-bond acceptors (Lipinski definition) is 6. The number of ether oxygens (including phenoxy) is 3. The second-order valence-corrected chi connectivity index (χ2v) is 9.84. The van der Waals surface area contributed by atoms with Gasteiger partial charge in [-0.2, -0.15) is 4.31 Å². The molecule has 4 rings (SSSR count). The van der Waals surface area contributed by atoms with E-state index in [-0.39, 0.29) is 10.8 Å². The van der Waals surface area contributed by atoms with Gasteiger partial charge in [0.2, 0.25) is 15.9 Å². The van der Waals surface area contributed by atoms with E-state index in [0.717, 1.165) is 11.3 Å². The molecule has 2 aliphatic heterocycles. The Balaban J connectivity index is 1.43. The van der Waals surface area contributed by atoms with Crippen LogP contribution in [0.25, 0.3) is 0 Å². The number of aryl methyl sites for hydroxylation is 1. The maximum Gasteiger partial charge on any atom is 0.243 e. The van der Waals surface area contributed by atoms with Crippen LogP contribution in [0.2, 0.25) is 0 Å². The maximum atomic E-state index is 13.3. The molecule has 32 heavy (non-hydrogen) atoms. The van der Waals surface area contributed by atoms with Crippen molar-refractivity contribution in [2.24, 2.45) is 0 Å². The van der Waals surface area contributed by atoms with Crippen molar-refractivity contribution in [1.82, 2.24) is 9.21 Å². The van der Waals surface area contributed by atoms with Gasteiger partial charge >= 0.3 is 0 Å². The van der Waals surface area contributed by atoms with Gasteiger partial charge in [0, 0.05) is 19.7 Å². The number of nitrogens with zero attached hydrogens (tertiary/aromatic N) is 2. The number of carbonyl (C=O) groups excluding carboxylic acids is 1. The van der Waals surface area contributed by atoms with Crippen molar-refractivity contribution in [3.05, 3.63) is 48.0 Å². The Morgan fingerprint density at radius 3 is 2.69 bits per heavy atom. The average Bonchev–Trinajstić information content (AvgIpc) is 3.30. The molecule has 1 unspecified atom stereocenters. The van der Waals surface area contributed by atoms with Crippen LogP contribution in [0.3, 0.4) is 0 Å². The van der Waals surface area contributed by atoms with E-state index >= 15 is 0 Å². The molecular weight excluding hydrogens is 432 g/mol. The summed E-state index contributed by atoms with van der Waals surface area (Å²) in [6.07, 6.45) is 1.12. The first-order chi connectivity index (χ1) is 15.4. The Bertz CT molecular complexity index is 1090. The van der Waals surface area contributed by atoms with Gasteiger partial charge in [0.05, 0.1) is 11.4 Å². The first-order valence-corrected chi connectivity index (χ1v) is 12.2. The summed E-state index contributed by atoms with van der Waals surface area (Å²) in [6, 6.07) is 11.5. The highest BCUT2D eigenvalue weighted by Gasteiger charge is 2.40. The van der Waals surface area contributed by atoms with Crippen LogP contribution in [0.15, 0.2) is 47.4 Å². The number of carbonyl (C=O) groups is 1. The Morgan fingerprint density at radius 2 is 1.91 bits per heavy atom. The van der Waals surface area contributed by atoms with E-state index in [9.17, 15) is 13.2 Å². The smallest absolute Gasteiger partial charge is 0.243 e. The van der Waals surface area contributed by atoms with Gasteiger partial charge in [0.1, 0.15) is 31.6 Å². The summed E-state index contributed by atoms with van der Waals surface area (Å²) in [5, 5.41) is 0. The minimum atomic E-state index is -3.85. The summed E-state index contributed by atoms with van der Waals surface area (Å²) >= 11 is 0. The summed E-state index contributed by atoms with van der Waals surface area (Å²) < 4.78 is 44.8. The largest absolute Gasteiger partial charge is 0.491 e. The van der Waals surface area contributed by atoms with Gasteiger partial charge in [-0.3, -0.25) is 4.79 Å². The lowest BCUT2D eigenvalue weighted by Gasteiger charge is -2.28. The molecule has 0 radical (unpaired) electrons. The molecule has 0 spiro atoms. The summed E-state index contributed by atoms with van der Waals surface area (Å²) in [6.45, 7) is 3.76. The van der Waals surface area contributed by atoms with E-state index < -0.39 is 16.1 Å². The fourth-order valence-corrected chi connectivity index (χ4v) is 5.64. The third-order valence-electron chi connectivity index (χ3n) is 5.76. The number of likely N-dealkylation sites (N-methyl/N-ethyl adjacent to an activating group) is 1. The van der Waals surface area contributed by atoms with Crippen molar-refractivity contribution >= 4 is 15.9 Å². The molecule has 0 N–H and O–H groups in total. The second-order valence-electron chi connectivity index (χ2n) is 7.95. The van der Waals surface area contributed by atoms with Gasteiger partial charge in [-0.25, -0.2) is 8.42 Å². The van der Waals surface area contributed by atoms with E-state index in [2.05, 4.69) is 0 Å². The van der Waals surface area contributed by atoms with E-state index in [1.807, 2.05) is 31.2 Å². The van der Waals surface area contributed by atoms with Gasteiger partial charge in [0.15, 0.2) is 11.5 Å². The summed E-state index contributed by atoms with van der Waals surface area (Å²) in [5.41, 5.74) is 1.02. The Kier molecular flexibility index (Phi) is 6.57. The minimum absolute atomic E-state index is 0.104. The number of rotatable bonds is 7. The fourth-order valence-electron chi connectivity index (χ4n) is 3.97. The highest BCUT2D eigenvalue weighted by atomic mass is 32.2. The molecule has 0 aromatic heterocycles. The molecule has 1 atom stereocenters. The molecule has 1 saturated heterocycles. The first-order valence-electron chi connectivity index (χ1n) is 10.7. The lowest BCUT2D eigenvalue weighted by molar-refractivity contribution is -0.133. The molecule has 2 heterocycles. The molecule has 9 heteroatoms. The third kappa shape index (κ3) is 4.54.